The molecule has 3 rings (SSSR count). The number of aromatic nitrogens is 2. The second-order valence-electron chi connectivity index (χ2n) is 5.64. The summed E-state index contributed by atoms with van der Waals surface area (Å²) in [7, 11) is 0. The summed E-state index contributed by atoms with van der Waals surface area (Å²) < 4.78 is 13.0. The number of nitrogens with zero attached hydrogens (tertiary/aromatic N) is 2. The van der Waals surface area contributed by atoms with Crippen LogP contribution in [0, 0.1) is 5.82 Å². The first-order chi connectivity index (χ1) is 10.0. The highest BCUT2D eigenvalue weighted by Gasteiger charge is 2.51. The number of carbonyl (C=O) groups is 1. The maximum absolute atomic E-state index is 13.0. The van der Waals surface area contributed by atoms with Gasteiger partial charge in [0.05, 0.1) is 5.41 Å². The molecule has 1 saturated carbocycles. The van der Waals surface area contributed by atoms with E-state index in [9.17, 15) is 9.18 Å². The van der Waals surface area contributed by atoms with Gasteiger partial charge in [-0.2, -0.15) is 0 Å². The quantitative estimate of drug-likeness (QED) is 0.941. The summed E-state index contributed by atoms with van der Waals surface area (Å²) >= 11 is 1.40. The molecule has 0 saturated heterocycles. The smallest absolute Gasteiger partial charge is 0.236 e. The molecular weight excluding hydrogens is 289 g/mol. The van der Waals surface area contributed by atoms with Gasteiger partial charge < -0.3 is 0 Å². The van der Waals surface area contributed by atoms with E-state index in [1.807, 2.05) is 13.8 Å². The van der Waals surface area contributed by atoms with Gasteiger partial charge >= 0.3 is 0 Å². The summed E-state index contributed by atoms with van der Waals surface area (Å²) in [4.78, 5) is 12.5. The third-order valence-electron chi connectivity index (χ3n) is 3.74. The highest BCUT2D eigenvalue weighted by atomic mass is 32.1. The van der Waals surface area contributed by atoms with Gasteiger partial charge in [-0.15, -0.1) is 10.2 Å². The van der Waals surface area contributed by atoms with E-state index in [-0.39, 0.29) is 11.7 Å². The molecule has 0 atom stereocenters. The number of hydrogen-bond donors (Lipinski definition) is 1. The molecule has 1 amide bonds. The molecule has 0 spiro atoms. The van der Waals surface area contributed by atoms with Crippen LogP contribution in [0.1, 0.15) is 43.2 Å². The van der Waals surface area contributed by atoms with E-state index in [1.165, 1.54) is 23.5 Å². The zero-order valence-electron chi connectivity index (χ0n) is 11.9. The van der Waals surface area contributed by atoms with Crippen molar-refractivity contribution in [2.75, 3.05) is 5.32 Å². The molecule has 0 unspecified atom stereocenters. The topological polar surface area (TPSA) is 54.9 Å². The van der Waals surface area contributed by atoms with E-state index < -0.39 is 5.41 Å². The third-order valence-corrected chi connectivity index (χ3v) is 4.88. The highest BCUT2D eigenvalue weighted by molar-refractivity contribution is 7.15. The van der Waals surface area contributed by atoms with E-state index in [1.54, 1.807) is 12.1 Å². The van der Waals surface area contributed by atoms with Crippen molar-refractivity contribution in [3.8, 4) is 0 Å². The predicted molar refractivity (Wildman–Crippen MR) is 79.9 cm³/mol. The van der Waals surface area contributed by atoms with Gasteiger partial charge in [0.2, 0.25) is 11.0 Å². The molecule has 1 aromatic heterocycles. The molecule has 0 aliphatic heterocycles. The molecule has 110 valence electrons. The van der Waals surface area contributed by atoms with Gasteiger partial charge in [-0.05, 0) is 30.5 Å². The van der Waals surface area contributed by atoms with Crippen molar-refractivity contribution in [1.82, 2.24) is 10.2 Å². The molecule has 6 heteroatoms. The minimum Gasteiger partial charge on any atom is -0.300 e. The van der Waals surface area contributed by atoms with E-state index in [4.69, 9.17) is 0 Å². The Balaban J connectivity index is 1.76. The number of nitrogens with one attached hydrogen (secondary N) is 1. The van der Waals surface area contributed by atoms with E-state index in [2.05, 4.69) is 15.5 Å². The average molecular weight is 305 g/mol. The molecule has 0 bridgehead atoms. The van der Waals surface area contributed by atoms with Crippen molar-refractivity contribution in [3.05, 3.63) is 40.7 Å². The molecule has 4 nitrogen and oxygen atoms in total. The number of halogens is 1. The molecule has 2 aromatic rings. The normalized spacial score (nSPS) is 16.0. The minimum absolute atomic E-state index is 0.0828. The van der Waals surface area contributed by atoms with E-state index in [0.29, 0.717) is 11.0 Å². The van der Waals surface area contributed by atoms with E-state index in [0.717, 1.165) is 23.4 Å². The van der Waals surface area contributed by atoms with Gasteiger partial charge in [0.1, 0.15) is 10.8 Å². The molecule has 1 heterocycles. The zero-order valence-corrected chi connectivity index (χ0v) is 12.7. The molecule has 1 aliphatic carbocycles. The Morgan fingerprint density at radius 2 is 1.95 bits per heavy atom. The lowest BCUT2D eigenvalue weighted by molar-refractivity contribution is -0.118. The summed E-state index contributed by atoms with van der Waals surface area (Å²) in [6, 6.07) is 6.15. The summed E-state index contributed by atoms with van der Waals surface area (Å²) in [6.07, 6.45) is 1.56. The van der Waals surface area contributed by atoms with Crippen molar-refractivity contribution in [3.63, 3.8) is 0 Å². The Kier molecular flexibility index (Phi) is 3.49. The fourth-order valence-corrected chi connectivity index (χ4v) is 3.02. The van der Waals surface area contributed by atoms with Crippen LogP contribution < -0.4 is 5.32 Å². The Morgan fingerprint density at radius 1 is 1.29 bits per heavy atom. The van der Waals surface area contributed by atoms with Crippen molar-refractivity contribution in [1.29, 1.82) is 0 Å². The standard InChI is InChI=1S/C15H16FN3OS/c1-9(2)12-18-19-14(21-12)17-13(20)15(7-8-15)10-3-5-11(16)6-4-10/h3-6,9H,7-8H2,1-2H3,(H,17,19,20). The molecule has 21 heavy (non-hydrogen) atoms. The summed E-state index contributed by atoms with van der Waals surface area (Å²) in [5.74, 6) is -0.0821. The molecule has 1 fully saturated rings. The molecular formula is C15H16FN3OS. The number of anilines is 1. The molecule has 1 aliphatic rings. The first-order valence-corrected chi connectivity index (χ1v) is 7.74. The first kappa shape index (κ1) is 14.1. The predicted octanol–water partition coefficient (Wildman–Crippen LogP) is 3.47. The molecule has 1 aromatic carbocycles. The second kappa shape index (κ2) is 5.18. The molecule has 1 N–H and O–H groups in total. The Hall–Kier alpha value is -1.82. The summed E-state index contributed by atoms with van der Waals surface area (Å²) in [5, 5.41) is 12.3. The van der Waals surface area contributed by atoms with Gasteiger partial charge in [-0.25, -0.2) is 4.39 Å². The van der Waals surface area contributed by atoms with E-state index >= 15 is 0 Å². The van der Waals surface area contributed by atoms with Gasteiger partial charge in [0.25, 0.3) is 0 Å². The maximum Gasteiger partial charge on any atom is 0.236 e. The lowest BCUT2D eigenvalue weighted by Crippen LogP contribution is -2.27. The zero-order chi connectivity index (χ0) is 15.0. The van der Waals surface area contributed by atoms with Crippen molar-refractivity contribution in [2.24, 2.45) is 0 Å². The first-order valence-electron chi connectivity index (χ1n) is 6.92. The maximum atomic E-state index is 13.0. The van der Waals surface area contributed by atoms with Crippen LogP contribution in [0.5, 0.6) is 0 Å². The summed E-state index contributed by atoms with van der Waals surface area (Å²) in [5.41, 5.74) is 0.326. The Morgan fingerprint density at radius 3 is 2.48 bits per heavy atom. The SMILES string of the molecule is CC(C)c1nnc(NC(=O)C2(c3ccc(F)cc3)CC2)s1. The number of amides is 1. The lowest BCUT2D eigenvalue weighted by Gasteiger charge is -2.14. The highest BCUT2D eigenvalue weighted by Crippen LogP contribution is 2.49. The van der Waals surface area contributed by atoms with Crippen molar-refractivity contribution >= 4 is 22.4 Å². The van der Waals surface area contributed by atoms with Crippen LogP contribution in [-0.4, -0.2) is 16.1 Å². The Bertz CT molecular complexity index is 662. The van der Waals surface area contributed by atoms with Crippen LogP contribution in [0.15, 0.2) is 24.3 Å². The number of hydrogen-bond acceptors (Lipinski definition) is 4. The van der Waals surface area contributed by atoms with Crippen molar-refractivity contribution < 1.29 is 9.18 Å². The van der Waals surface area contributed by atoms with Gasteiger partial charge in [-0.1, -0.05) is 37.3 Å². The van der Waals surface area contributed by atoms with Crippen LogP contribution in [0.4, 0.5) is 9.52 Å². The van der Waals surface area contributed by atoms with Crippen LogP contribution in [-0.2, 0) is 10.2 Å². The number of rotatable bonds is 4. The molecule has 0 radical (unpaired) electrons. The third kappa shape index (κ3) is 2.68. The fraction of sp³-hybridized carbons (Fsp3) is 0.400. The van der Waals surface area contributed by atoms with Gasteiger partial charge in [0, 0.05) is 5.92 Å². The average Bonchev–Trinajstić information content (AvgIpc) is 3.13. The second-order valence-corrected chi connectivity index (χ2v) is 6.65. The van der Waals surface area contributed by atoms with Crippen LogP contribution in [0.2, 0.25) is 0 Å². The van der Waals surface area contributed by atoms with Crippen LogP contribution in [0.25, 0.3) is 0 Å². The van der Waals surface area contributed by atoms with Gasteiger partial charge in [0.15, 0.2) is 0 Å². The monoisotopic (exact) mass is 305 g/mol. The number of carbonyl (C=O) groups excluding carboxylic acids is 1. The lowest BCUT2D eigenvalue weighted by atomic mass is 9.95. The summed E-state index contributed by atoms with van der Waals surface area (Å²) in [6.45, 7) is 4.07. The Labute approximate surface area is 126 Å². The fourth-order valence-electron chi connectivity index (χ4n) is 2.28. The van der Waals surface area contributed by atoms with Crippen LogP contribution in [0.3, 0.4) is 0 Å². The largest absolute Gasteiger partial charge is 0.300 e. The number of benzene rings is 1. The van der Waals surface area contributed by atoms with Gasteiger partial charge in [-0.3, -0.25) is 10.1 Å². The minimum atomic E-state index is -0.530. The van der Waals surface area contributed by atoms with Crippen LogP contribution >= 0.6 is 11.3 Å². The van der Waals surface area contributed by atoms with Crippen molar-refractivity contribution in [2.45, 2.75) is 38.0 Å².